The first-order valence-corrected chi connectivity index (χ1v) is 18.4. The van der Waals surface area contributed by atoms with Gasteiger partial charge in [-0.15, -0.1) is 0 Å². The van der Waals surface area contributed by atoms with E-state index in [1.54, 1.807) is 13.4 Å². The molecule has 0 bridgehead atoms. The summed E-state index contributed by atoms with van der Waals surface area (Å²) in [5.41, 5.74) is 9.61. The Morgan fingerprint density at radius 1 is 0.840 bits per heavy atom. The van der Waals surface area contributed by atoms with Crippen molar-refractivity contribution >= 4 is 37.2 Å². The zero-order valence-corrected chi connectivity index (χ0v) is 29.1. The van der Waals surface area contributed by atoms with Crippen LogP contribution in [0, 0.1) is 0 Å². The van der Waals surface area contributed by atoms with Gasteiger partial charge in [0.05, 0.1) is 20.0 Å². The second kappa shape index (κ2) is 17.0. The molecule has 15 heteroatoms. The topological polar surface area (TPSA) is 143 Å². The number of benzene rings is 3. The Morgan fingerprint density at radius 2 is 1.46 bits per heavy atom. The summed E-state index contributed by atoms with van der Waals surface area (Å²) >= 11 is 1.46. The maximum Gasteiger partial charge on any atom is 0.223 e. The highest BCUT2D eigenvalue weighted by molar-refractivity contribution is 7.99. The Kier molecular flexibility index (Phi) is 11.8. The number of nitrogen functional groups attached to an aromatic ring is 1. The summed E-state index contributed by atoms with van der Waals surface area (Å²) in [6.07, 6.45) is 1.05. The van der Waals surface area contributed by atoms with Crippen molar-refractivity contribution in [1.82, 2.24) is 19.5 Å². The molecule has 262 valence electrons. The molecular formula is C35H38N5O8PS. The number of nitrogens with zero attached hydrogens (tertiary/aromatic N) is 4. The summed E-state index contributed by atoms with van der Waals surface area (Å²) in [6, 6.07) is 27.8. The Bertz CT molecular complexity index is 1740. The molecule has 50 heavy (non-hydrogen) atoms. The van der Waals surface area contributed by atoms with Crippen LogP contribution in [0.4, 0.5) is 5.95 Å². The van der Waals surface area contributed by atoms with Crippen LogP contribution in [-0.4, -0.2) is 78.0 Å². The van der Waals surface area contributed by atoms with Gasteiger partial charge in [-0.25, -0.2) is 9.97 Å². The fraction of sp³-hybridized carbons (Fsp3) is 0.343. The molecule has 2 aliphatic heterocycles. The zero-order chi connectivity index (χ0) is 34.1. The van der Waals surface area contributed by atoms with Crippen molar-refractivity contribution in [3.63, 3.8) is 0 Å². The minimum atomic E-state index is -1.60. The number of imidazole rings is 1. The van der Waals surface area contributed by atoms with Gasteiger partial charge in [0.1, 0.15) is 35.9 Å². The van der Waals surface area contributed by atoms with Crippen molar-refractivity contribution in [2.75, 3.05) is 39.0 Å². The molecule has 0 radical (unpaired) electrons. The van der Waals surface area contributed by atoms with E-state index in [9.17, 15) is 0 Å². The predicted octanol–water partition coefficient (Wildman–Crippen LogP) is 5.77. The lowest BCUT2D eigenvalue weighted by molar-refractivity contribution is -0.121. The average Bonchev–Trinajstić information content (AvgIpc) is 3.88. The fourth-order valence-electron chi connectivity index (χ4n) is 5.38. The van der Waals surface area contributed by atoms with Crippen LogP contribution in [-0.2, 0) is 52.1 Å². The summed E-state index contributed by atoms with van der Waals surface area (Å²) in [7, 11) is 0.0354. The molecule has 4 atom stereocenters. The minimum Gasteiger partial charge on any atom is -0.497 e. The SMILES string of the molecule is COc1ccc(Sc2nc(N)nc3c2ncn3CCOCP(OC2COC(Cc3ccccc3)O2)OC2COC(Cc3ccccc3)O2)cc1. The maximum atomic E-state index is 6.27. The van der Waals surface area contributed by atoms with E-state index in [0.29, 0.717) is 42.2 Å². The van der Waals surface area contributed by atoms with Crippen LogP contribution in [0.15, 0.2) is 101 Å². The largest absolute Gasteiger partial charge is 0.497 e. The highest BCUT2D eigenvalue weighted by atomic mass is 32.2. The number of nitrogens with two attached hydrogens (primary N) is 1. The number of hydrogen-bond donors (Lipinski definition) is 1. The molecular weight excluding hydrogens is 681 g/mol. The van der Waals surface area contributed by atoms with E-state index in [2.05, 4.69) is 15.0 Å². The van der Waals surface area contributed by atoms with Crippen LogP contribution in [0.5, 0.6) is 5.75 Å². The number of methoxy groups -OCH3 is 1. The van der Waals surface area contributed by atoms with Crippen LogP contribution >= 0.6 is 20.1 Å². The second-order valence-corrected chi connectivity index (χ2v) is 13.8. The number of fused-ring (bicyclic) bond motifs is 1. The summed E-state index contributed by atoms with van der Waals surface area (Å²) in [4.78, 5) is 14.5. The lowest BCUT2D eigenvalue weighted by atomic mass is 10.1. The van der Waals surface area contributed by atoms with E-state index in [1.165, 1.54) is 11.8 Å². The molecule has 0 aliphatic carbocycles. The van der Waals surface area contributed by atoms with Gasteiger partial charge in [-0.3, -0.25) is 9.05 Å². The molecule has 2 N–H and O–H groups in total. The average molecular weight is 720 g/mol. The number of ether oxygens (including phenoxy) is 6. The first kappa shape index (κ1) is 34.7. The van der Waals surface area contributed by atoms with Crippen LogP contribution in [0.2, 0.25) is 0 Å². The normalized spacial score (nSPS) is 21.1. The van der Waals surface area contributed by atoms with E-state index in [1.807, 2.05) is 89.5 Å². The van der Waals surface area contributed by atoms with Crippen LogP contribution in [0.25, 0.3) is 11.2 Å². The van der Waals surface area contributed by atoms with Gasteiger partial charge in [0.25, 0.3) is 0 Å². The van der Waals surface area contributed by atoms with Gasteiger partial charge in [-0.05, 0) is 35.4 Å². The summed E-state index contributed by atoms with van der Waals surface area (Å²) < 4.78 is 49.7. The highest BCUT2D eigenvalue weighted by Gasteiger charge is 2.34. The number of rotatable bonds is 16. The van der Waals surface area contributed by atoms with E-state index < -0.39 is 33.5 Å². The van der Waals surface area contributed by atoms with Crippen LogP contribution < -0.4 is 10.5 Å². The van der Waals surface area contributed by atoms with Gasteiger partial charge >= 0.3 is 0 Å². The Balaban J connectivity index is 0.958. The summed E-state index contributed by atoms with van der Waals surface area (Å²) in [5.74, 6) is 0.938. The summed E-state index contributed by atoms with van der Waals surface area (Å²) in [5, 5.41) is 0.663. The third kappa shape index (κ3) is 9.34. The third-order valence-electron chi connectivity index (χ3n) is 7.80. The lowest BCUT2D eigenvalue weighted by Crippen LogP contribution is -2.21. The standard InChI is InChI=1S/C35H38N5O8PS/c1-41-26-12-14-27(15-13-26)50-34-32-33(38-35(36)39-34)40(22-37-32)16-17-42-23-49(47-30-20-43-28(45-30)18-24-8-4-2-5-9-24)48-31-21-44-29(46-31)19-25-10-6-3-7-11-25/h2-15,22,28-31H,16-21,23H2,1H3,(H2,36,38,39). The lowest BCUT2D eigenvalue weighted by Gasteiger charge is -2.23. The molecule has 7 rings (SSSR count). The van der Waals surface area contributed by atoms with Crippen LogP contribution in [0.1, 0.15) is 11.1 Å². The Labute approximate surface area is 295 Å². The third-order valence-corrected chi connectivity index (χ3v) is 10.1. The van der Waals surface area contributed by atoms with Gasteiger partial charge in [-0.2, -0.15) is 4.98 Å². The smallest absolute Gasteiger partial charge is 0.223 e. The maximum absolute atomic E-state index is 6.27. The van der Waals surface area contributed by atoms with Crippen molar-refractivity contribution in [2.24, 2.45) is 0 Å². The van der Waals surface area contributed by atoms with E-state index in [0.717, 1.165) is 21.8 Å². The van der Waals surface area contributed by atoms with Crippen molar-refractivity contribution in [3.8, 4) is 5.75 Å². The van der Waals surface area contributed by atoms with Gasteiger partial charge in [0.15, 0.2) is 30.8 Å². The fourth-order valence-corrected chi connectivity index (χ4v) is 7.45. The number of aromatic nitrogens is 4. The van der Waals surface area contributed by atoms with Crippen molar-refractivity contribution in [1.29, 1.82) is 0 Å². The highest BCUT2D eigenvalue weighted by Crippen LogP contribution is 2.44. The predicted molar refractivity (Wildman–Crippen MR) is 186 cm³/mol. The quantitative estimate of drug-likeness (QED) is 0.0750. The Hall–Kier alpha value is -3.69. The second-order valence-electron chi connectivity index (χ2n) is 11.4. The Morgan fingerprint density at radius 3 is 2.06 bits per heavy atom. The molecule has 2 aliphatic rings. The number of hydrogen-bond acceptors (Lipinski definition) is 13. The molecule has 0 spiro atoms. The summed E-state index contributed by atoms with van der Waals surface area (Å²) in [6.45, 7) is 1.35. The van der Waals surface area contributed by atoms with Gasteiger partial charge in [0, 0.05) is 24.3 Å². The minimum absolute atomic E-state index is 0.162. The molecule has 2 aromatic heterocycles. The van der Waals surface area contributed by atoms with Crippen LogP contribution in [0.3, 0.4) is 0 Å². The molecule has 0 saturated carbocycles. The zero-order valence-electron chi connectivity index (χ0n) is 27.4. The molecule has 5 aromatic rings. The molecule has 3 aromatic carbocycles. The first-order valence-electron chi connectivity index (χ1n) is 16.2. The van der Waals surface area contributed by atoms with Gasteiger partial charge < -0.3 is 38.7 Å². The van der Waals surface area contributed by atoms with Crippen molar-refractivity contribution < 1.29 is 37.5 Å². The van der Waals surface area contributed by atoms with E-state index >= 15 is 0 Å². The molecule has 0 amide bonds. The van der Waals surface area contributed by atoms with Gasteiger partial charge in [-0.1, -0.05) is 72.4 Å². The molecule has 2 fully saturated rings. The molecule has 2 saturated heterocycles. The molecule has 13 nitrogen and oxygen atoms in total. The van der Waals surface area contributed by atoms with Crippen molar-refractivity contribution in [2.45, 2.75) is 54.5 Å². The molecule has 4 heterocycles. The first-order chi connectivity index (χ1) is 24.6. The number of anilines is 1. The van der Waals surface area contributed by atoms with E-state index in [-0.39, 0.29) is 25.5 Å². The monoisotopic (exact) mass is 719 g/mol. The van der Waals surface area contributed by atoms with Gasteiger partial charge in [0.2, 0.25) is 14.3 Å². The van der Waals surface area contributed by atoms with E-state index in [4.69, 9.17) is 43.2 Å². The van der Waals surface area contributed by atoms with Crippen molar-refractivity contribution in [3.05, 3.63) is 102 Å². The molecule has 4 unspecified atom stereocenters.